The summed E-state index contributed by atoms with van der Waals surface area (Å²) in [5.74, 6) is 0.892. The molecule has 3 aromatic rings. The summed E-state index contributed by atoms with van der Waals surface area (Å²) >= 11 is 6.36. The fourth-order valence-electron chi connectivity index (χ4n) is 1.91. The van der Waals surface area contributed by atoms with Crippen molar-refractivity contribution in [3.63, 3.8) is 0 Å². The van der Waals surface area contributed by atoms with Gasteiger partial charge < -0.3 is 4.52 Å². The second-order valence-electron chi connectivity index (χ2n) is 4.42. The highest BCUT2D eigenvalue weighted by atomic mass is 35.5. The van der Waals surface area contributed by atoms with Crippen molar-refractivity contribution in [1.29, 1.82) is 0 Å². The summed E-state index contributed by atoms with van der Waals surface area (Å²) in [4.78, 5) is 8.45. The first-order valence-corrected chi connectivity index (χ1v) is 6.63. The first-order chi connectivity index (χ1) is 9.75. The zero-order chi connectivity index (χ0) is 13.9. The predicted octanol–water partition coefficient (Wildman–Crippen LogP) is 3.77. The van der Waals surface area contributed by atoms with Gasteiger partial charge in [-0.25, -0.2) is 0 Å². The SMILES string of the molecule is Cc1ccncc1-c1noc(C(Cl)c2ccccc2)n1. The van der Waals surface area contributed by atoms with E-state index in [1.807, 2.05) is 43.3 Å². The van der Waals surface area contributed by atoms with E-state index in [4.69, 9.17) is 16.1 Å². The normalized spacial score (nSPS) is 12.3. The maximum atomic E-state index is 6.36. The lowest BCUT2D eigenvalue weighted by molar-refractivity contribution is 0.383. The van der Waals surface area contributed by atoms with Crippen LogP contribution in [0.25, 0.3) is 11.4 Å². The largest absolute Gasteiger partial charge is 0.337 e. The first-order valence-electron chi connectivity index (χ1n) is 6.19. The average molecular weight is 286 g/mol. The van der Waals surface area contributed by atoms with Gasteiger partial charge >= 0.3 is 0 Å². The standard InChI is InChI=1S/C15H12ClN3O/c1-10-7-8-17-9-12(10)14-18-15(20-19-14)13(16)11-5-3-2-4-6-11/h2-9,13H,1H3. The van der Waals surface area contributed by atoms with Crippen LogP contribution in [0.15, 0.2) is 53.3 Å². The van der Waals surface area contributed by atoms with Gasteiger partial charge in [0.1, 0.15) is 5.38 Å². The van der Waals surface area contributed by atoms with Crippen LogP contribution in [0.5, 0.6) is 0 Å². The molecule has 1 unspecified atom stereocenters. The Bertz CT molecular complexity index is 712. The van der Waals surface area contributed by atoms with Gasteiger partial charge in [0.2, 0.25) is 11.7 Å². The molecule has 2 heterocycles. The van der Waals surface area contributed by atoms with Gasteiger partial charge in [0, 0.05) is 18.0 Å². The molecule has 0 aliphatic heterocycles. The van der Waals surface area contributed by atoms with Crippen molar-refractivity contribution < 1.29 is 4.52 Å². The smallest absolute Gasteiger partial charge is 0.249 e. The third-order valence-corrected chi connectivity index (χ3v) is 3.47. The molecule has 0 aliphatic carbocycles. The Kier molecular flexibility index (Phi) is 3.48. The number of benzene rings is 1. The summed E-state index contributed by atoms with van der Waals surface area (Å²) in [5, 5.41) is 3.53. The van der Waals surface area contributed by atoms with Crippen molar-refractivity contribution in [3.05, 3.63) is 65.8 Å². The fraction of sp³-hybridized carbons (Fsp3) is 0.133. The molecule has 1 aromatic carbocycles. The Hall–Kier alpha value is -2.20. The molecule has 100 valence electrons. The van der Waals surface area contributed by atoms with Gasteiger partial charge in [-0.3, -0.25) is 4.98 Å². The second kappa shape index (κ2) is 5.43. The van der Waals surface area contributed by atoms with E-state index in [0.29, 0.717) is 11.7 Å². The summed E-state index contributed by atoms with van der Waals surface area (Å²) in [5.41, 5.74) is 2.81. The second-order valence-corrected chi connectivity index (χ2v) is 4.86. The van der Waals surface area contributed by atoms with E-state index in [9.17, 15) is 0 Å². The molecule has 5 heteroatoms. The number of halogens is 1. The molecule has 0 saturated carbocycles. The number of pyridine rings is 1. The highest BCUT2D eigenvalue weighted by Gasteiger charge is 2.19. The minimum absolute atomic E-state index is 0.385. The summed E-state index contributed by atoms with van der Waals surface area (Å²) in [6.45, 7) is 1.97. The van der Waals surface area contributed by atoms with E-state index in [0.717, 1.165) is 16.7 Å². The maximum Gasteiger partial charge on any atom is 0.249 e. The lowest BCUT2D eigenvalue weighted by Gasteiger charge is -2.03. The van der Waals surface area contributed by atoms with Gasteiger partial charge in [-0.15, -0.1) is 11.6 Å². The van der Waals surface area contributed by atoms with Crippen molar-refractivity contribution in [2.24, 2.45) is 0 Å². The Morgan fingerprint density at radius 2 is 1.95 bits per heavy atom. The number of aryl methyl sites for hydroxylation is 1. The molecular weight excluding hydrogens is 274 g/mol. The maximum absolute atomic E-state index is 6.36. The van der Waals surface area contributed by atoms with E-state index in [1.165, 1.54) is 0 Å². The number of nitrogens with zero attached hydrogens (tertiary/aromatic N) is 3. The van der Waals surface area contributed by atoms with Crippen molar-refractivity contribution in [3.8, 4) is 11.4 Å². The van der Waals surface area contributed by atoms with Crippen molar-refractivity contribution >= 4 is 11.6 Å². The van der Waals surface area contributed by atoms with Gasteiger partial charge in [-0.2, -0.15) is 4.98 Å². The minimum atomic E-state index is -0.450. The molecule has 2 aromatic heterocycles. The van der Waals surface area contributed by atoms with E-state index >= 15 is 0 Å². The zero-order valence-electron chi connectivity index (χ0n) is 10.8. The predicted molar refractivity (Wildman–Crippen MR) is 76.4 cm³/mol. The minimum Gasteiger partial charge on any atom is -0.337 e. The highest BCUT2D eigenvalue weighted by Crippen LogP contribution is 2.29. The molecule has 4 nitrogen and oxygen atoms in total. The molecule has 0 radical (unpaired) electrons. The van der Waals surface area contributed by atoms with E-state index in [-0.39, 0.29) is 0 Å². The quantitative estimate of drug-likeness (QED) is 0.687. The molecule has 0 N–H and O–H groups in total. The van der Waals surface area contributed by atoms with Crippen molar-refractivity contribution in [1.82, 2.24) is 15.1 Å². The molecule has 3 rings (SSSR count). The molecule has 1 atom stereocenters. The molecular formula is C15H12ClN3O. The number of hydrogen-bond acceptors (Lipinski definition) is 4. The Morgan fingerprint density at radius 1 is 1.15 bits per heavy atom. The van der Waals surface area contributed by atoms with Crippen LogP contribution in [0.4, 0.5) is 0 Å². The third kappa shape index (κ3) is 2.42. The van der Waals surface area contributed by atoms with E-state index in [2.05, 4.69) is 15.1 Å². The van der Waals surface area contributed by atoms with E-state index < -0.39 is 5.38 Å². The topological polar surface area (TPSA) is 51.8 Å². The highest BCUT2D eigenvalue weighted by molar-refractivity contribution is 6.22. The number of aromatic nitrogens is 3. The van der Waals surface area contributed by atoms with Crippen molar-refractivity contribution in [2.75, 3.05) is 0 Å². The Balaban J connectivity index is 1.93. The number of alkyl halides is 1. The van der Waals surface area contributed by atoms with Crippen molar-refractivity contribution in [2.45, 2.75) is 12.3 Å². The monoisotopic (exact) mass is 285 g/mol. The summed E-state index contributed by atoms with van der Waals surface area (Å²) < 4.78 is 5.27. The van der Waals surface area contributed by atoms with Crippen LogP contribution in [0, 0.1) is 6.92 Å². The molecule has 0 bridgehead atoms. The van der Waals surface area contributed by atoms with Gasteiger partial charge in [0.15, 0.2) is 0 Å². The van der Waals surface area contributed by atoms with Crippen LogP contribution in [0.1, 0.15) is 22.4 Å². The zero-order valence-corrected chi connectivity index (χ0v) is 11.6. The van der Waals surface area contributed by atoms with Gasteiger partial charge in [-0.1, -0.05) is 35.5 Å². The van der Waals surface area contributed by atoms with Gasteiger partial charge in [0.05, 0.1) is 0 Å². The molecule has 0 saturated heterocycles. The van der Waals surface area contributed by atoms with Gasteiger partial charge in [0.25, 0.3) is 0 Å². The Labute approximate surface area is 121 Å². The van der Waals surface area contributed by atoms with Crippen LogP contribution in [0.2, 0.25) is 0 Å². The molecule has 0 fully saturated rings. The van der Waals surface area contributed by atoms with Gasteiger partial charge in [-0.05, 0) is 24.1 Å². The summed E-state index contributed by atoms with van der Waals surface area (Å²) in [6.07, 6.45) is 3.45. The lowest BCUT2D eigenvalue weighted by Crippen LogP contribution is -1.93. The number of rotatable bonds is 3. The van der Waals surface area contributed by atoms with Crippen LogP contribution in [0.3, 0.4) is 0 Å². The molecule has 0 spiro atoms. The first kappa shape index (κ1) is 12.8. The average Bonchev–Trinajstić information content (AvgIpc) is 2.97. The fourth-order valence-corrected chi connectivity index (χ4v) is 2.14. The Morgan fingerprint density at radius 3 is 2.70 bits per heavy atom. The van der Waals surface area contributed by atoms with Crippen LogP contribution in [-0.4, -0.2) is 15.1 Å². The van der Waals surface area contributed by atoms with Crippen LogP contribution >= 0.6 is 11.6 Å². The lowest BCUT2D eigenvalue weighted by atomic mass is 10.1. The third-order valence-electron chi connectivity index (χ3n) is 3.03. The molecule has 20 heavy (non-hydrogen) atoms. The summed E-state index contributed by atoms with van der Waals surface area (Å²) in [6, 6.07) is 11.5. The van der Waals surface area contributed by atoms with Crippen LogP contribution in [-0.2, 0) is 0 Å². The molecule has 0 aliphatic rings. The van der Waals surface area contributed by atoms with Crippen LogP contribution < -0.4 is 0 Å². The number of hydrogen-bond donors (Lipinski definition) is 0. The summed E-state index contributed by atoms with van der Waals surface area (Å²) in [7, 11) is 0. The molecule has 0 amide bonds. The van der Waals surface area contributed by atoms with E-state index in [1.54, 1.807) is 12.4 Å².